The third-order valence-electron chi connectivity index (χ3n) is 3.97. The fraction of sp³-hybridized carbons (Fsp3) is 0.500. The maximum Gasteiger partial charge on any atom is 0.239 e. The SMILES string of the molecule is CC(NC(C)c1nc2ccccc2s1)C(=O)N1CCCC1. The molecule has 0 saturated carbocycles. The van der Waals surface area contributed by atoms with Crippen LogP contribution in [0, 0.1) is 0 Å². The maximum absolute atomic E-state index is 12.3. The van der Waals surface area contributed by atoms with E-state index in [1.165, 1.54) is 4.70 Å². The van der Waals surface area contributed by atoms with Crippen LogP contribution in [0.3, 0.4) is 0 Å². The van der Waals surface area contributed by atoms with Crippen molar-refractivity contribution in [2.45, 2.75) is 38.8 Å². The lowest BCUT2D eigenvalue weighted by molar-refractivity contribution is -0.132. The van der Waals surface area contributed by atoms with E-state index in [0.717, 1.165) is 36.5 Å². The summed E-state index contributed by atoms with van der Waals surface area (Å²) in [6, 6.07) is 8.07. The van der Waals surface area contributed by atoms with Crippen LogP contribution in [-0.2, 0) is 4.79 Å². The topological polar surface area (TPSA) is 45.2 Å². The normalized spacial score (nSPS) is 18.1. The van der Waals surface area contributed by atoms with Crippen LogP contribution in [0.25, 0.3) is 10.2 Å². The van der Waals surface area contributed by atoms with Gasteiger partial charge in [-0.05, 0) is 38.8 Å². The van der Waals surface area contributed by atoms with Gasteiger partial charge in [0.25, 0.3) is 0 Å². The lowest BCUT2D eigenvalue weighted by Gasteiger charge is -2.23. The van der Waals surface area contributed by atoms with Gasteiger partial charge in [-0.1, -0.05) is 12.1 Å². The number of para-hydroxylation sites is 1. The van der Waals surface area contributed by atoms with Crippen LogP contribution >= 0.6 is 11.3 Å². The van der Waals surface area contributed by atoms with Crippen LogP contribution in [0.15, 0.2) is 24.3 Å². The van der Waals surface area contributed by atoms with Crippen molar-refractivity contribution in [3.05, 3.63) is 29.3 Å². The fourth-order valence-corrected chi connectivity index (χ4v) is 3.78. The van der Waals surface area contributed by atoms with Gasteiger partial charge in [0.1, 0.15) is 5.01 Å². The third-order valence-corrected chi connectivity index (χ3v) is 5.19. The van der Waals surface area contributed by atoms with Crippen molar-refractivity contribution in [2.75, 3.05) is 13.1 Å². The number of hydrogen-bond donors (Lipinski definition) is 1. The standard InChI is InChI=1S/C16H21N3OS/c1-11(15-18-13-7-3-4-8-14(13)21-15)17-12(2)16(20)19-9-5-6-10-19/h3-4,7-8,11-12,17H,5-6,9-10H2,1-2H3. The summed E-state index contributed by atoms with van der Waals surface area (Å²) in [6.45, 7) is 5.83. The number of benzene rings is 1. The van der Waals surface area contributed by atoms with Crippen LogP contribution in [0.2, 0.25) is 0 Å². The first-order valence-corrected chi connectivity index (χ1v) is 8.37. The summed E-state index contributed by atoms with van der Waals surface area (Å²) in [4.78, 5) is 18.9. The zero-order valence-electron chi connectivity index (χ0n) is 12.5. The molecule has 1 aromatic carbocycles. The van der Waals surface area contributed by atoms with Gasteiger partial charge in [-0.15, -0.1) is 11.3 Å². The van der Waals surface area contributed by atoms with Crippen molar-refractivity contribution in [1.29, 1.82) is 0 Å². The zero-order chi connectivity index (χ0) is 14.8. The summed E-state index contributed by atoms with van der Waals surface area (Å²) in [5.41, 5.74) is 1.03. The van der Waals surface area contributed by atoms with Crippen LogP contribution in [0.4, 0.5) is 0 Å². The molecule has 0 bridgehead atoms. The summed E-state index contributed by atoms with van der Waals surface area (Å²) in [7, 11) is 0. The molecule has 21 heavy (non-hydrogen) atoms. The Bertz CT molecular complexity index is 600. The molecule has 1 fully saturated rings. The second kappa shape index (κ2) is 6.12. The van der Waals surface area contributed by atoms with Crippen molar-refractivity contribution in [1.82, 2.24) is 15.2 Å². The molecular weight excluding hydrogens is 282 g/mol. The molecule has 2 heterocycles. The van der Waals surface area contributed by atoms with E-state index >= 15 is 0 Å². The Morgan fingerprint density at radius 3 is 2.71 bits per heavy atom. The number of nitrogens with one attached hydrogen (secondary N) is 1. The Balaban J connectivity index is 1.67. The van der Waals surface area contributed by atoms with Gasteiger partial charge in [0.2, 0.25) is 5.91 Å². The molecule has 1 aliphatic heterocycles. The zero-order valence-corrected chi connectivity index (χ0v) is 13.3. The molecule has 1 saturated heterocycles. The number of carbonyl (C=O) groups excluding carboxylic acids is 1. The molecule has 5 heteroatoms. The van der Waals surface area contributed by atoms with Crippen molar-refractivity contribution in [3.63, 3.8) is 0 Å². The second-order valence-corrected chi connectivity index (χ2v) is 6.72. The first-order valence-electron chi connectivity index (χ1n) is 7.55. The van der Waals surface area contributed by atoms with E-state index in [2.05, 4.69) is 23.3 Å². The number of carbonyl (C=O) groups is 1. The minimum atomic E-state index is -0.162. The van der Waals surface area contributed by atoms with E-state index in [9.17, 15) is 4.79 Å². The Kier molecular flexibility index (Phi) is 4.22. The van der Waals surface area contributed by atoms with Gasteiger partial charge in [-0.2, -0.15) is 0 Å². The minimum Gasteiger partial charge on any atom is -0.341 e. The number of rotatable bonds is 4. The third kappa shape index (κ3) is 3.09. The molecule has 2 aromatic rings. The highest BCUT2D eigenvalue weighted by Gasteiger charge is 2.25. The Hall–Kier alpha value is -1.46. The van der Waals surface area contributed by atoms with Gasteiger partial charge < -0.3 is 4.90 Å². The van der Waals surface area contributed by atoms with Gasteiger partial charge in [0, 0.05) is 13.1 Å². The number of hydrogen-bond acceptors (Lipinski definition) is 4. The summed E-state index contributed by atoms with van der Waals surface area (Å²) < 4.78 is 1.19. The molecule has 2 atom stereocenters. The predicted molar refractivity (Wildman–Crippen MR) is 86.4 cm³/mol. The van der Waals surface area contributed by atoms with E-state index in [4.69, 9.17) is 0 Å². The lowest BCUT2D eigenvalue weighted by Crippen LogP contribution is -2.44. The van der Waals surface area contributed by atoms with Crippen molar-refractivity contribution < 1.29 is 4.79 Å². The van der Waals surface area contributed by atoms with Crippen LogP contribution in [0.5, 0.6) is 0 Å². The smallest absolute Gasteiger partial charge is 0.239 e. The highest BCUT2D eigenvalue weighted by molar-refractivity contribution is 7.18. The monoisotopic (exact) mass is 303 g/mol. The maximum atomic E-state index is 12.3. The van der Waals surface area contributed by atoms with E-state index in [1.807, 2.05) is 30.0 Å². The van der Waals surface area contributed by atoms with E-state index in [-0.39, 0.29) is 18.0 Å². The Labute approximate surface area is 129 Å². The lowest BCUT2D eigenvalue weighted by atomic mass is 10.2. The Morgan fingerprint density at radius 2 is 2.00 bits per heavy atom. The van der Waals surface area contributed by atoms with E-state index < -0.39 is 0 Å². The summed E-state index contributed by atoms with van der Waals surface area (Å²) in [5.74, 6) is 0.209. The summed E-state index contributed by atoms with van der Waals surface area (Å²) in [5, 5.41) is 4.43. The highest BCUT2D eigenvalue weighted by Crippen LogP contribution is 2.26. The van der Waals surface area contributed by atoms with Gasteiger partial charge in [-0.3, -0.25) is 10.1 Å². The van der Waals surface area contributed by atoms with Crippen molar-refractivity contribution in [3.8, 4) is 0 Å². The Morgan fingerprint density at radius 1 is 1.29 bits per heavy atom. The molecule has 1 amide bonds. The number of thiazole rings is 1. The summed E-state index contributed by atoms with van der Waals surface area (Å²) in [6.07, 6.45) is 2.26. The number of likely N-dealkylation sites (tertiary alicyclic amines) is 1. The molecule has 0 spiro atoms. The van der Waals surface area contributed by atoms with Gasteiger partial charge in [0.15, 0.2) is 0 Å². The molecule has 1 aromatic heterocycles. The quantitative estimate of drug-likeness (QED) is 0.944. The van der Waals surface area contributed by atoms with Crippen LogP contribution in [0.1, 0.15) is 37.7 Å². The van der Waals surface area contributed by atoms with Crippen molar-refractivity contribution >= 4 is 27.5 Å². The van der Waals surface area contributed by atoms with E-state index in [1.54, 1.807) is 11.3 Å². The first kappa shape index (κ1) is 14.5. The second-order valence-electron chi connectivity index (χ2n) is 5.66. The molecule has 1 aliphatic rings. The van der Waals surface area contributed by atoms with E-state index in [0.29, 0.717) is 0 Å². The molecular formula is C16H21N3OS. The number of aromatic nitrogens is 1. The van der Waals surface area contributed by atoms with Crippen LogP contribution < -0.4 is 5.32 Å². The molecule has 4 nitrogen and oxygen atoms in total. The predicted octanol–water partition coefficient (Wildman–Crippen LogP) is 2.96. The fourth-order valence-electron chi connectivity index (χ4n) is 2.80. The molecule has 2 unspecified atom stereocenters. The molecule has 0 aliphatic carbocycles. The van der Waals surface area contributed by atoms with Crippen molar-refractivity contribution in [2.24, 2.45) is 0 Å². The van der Waals surface area contributed by atoms with Gasteiger partial charge >= 0.3 is 0 Å². The van der Waals surface area contributed by atoms with Gasteiger partial charge in [-0.25, -0.2) is 4.98 Å². The molecule has 1 N–H and O–H groups in total. The largest absolute Gasteiger partial charge is 0.341 e. The average Bonchev–Trinajstić information content (AvgIpc) is 3.15. The molecule has 3 rings (SSSR count). The minimum absolute atomic E-state index is 0.0870. The first-order chi connectivity index (χ1) is 10.1. The molecule has 112 valence electrons. The van der Waals surface area contributed by atoms with Gasteiger partial charge in [0.05, 0.1) is 22.3 Å². The molecule has 0 radical (unpaired) electrons. The average molecular weight is 303 g/mol. The number of fused-ring (bicyclic) bond motifs is 1. The summed E-state index contributed by atoms with van der Waals surface area (Å²) >= 11 is 1.69. The highest BCUT2D eigenvalue weighted by atomic mass is 32.1. The van der Waals surface area contributed by atoms with Crippen LogP contribution in [-0.4, -0.2) is 34.9 Å². The number of nitrogens with zero attached hydrogens (tertiary/aromatic N) is 2. The number of amides is 1.